The van der Waals surface area contributed by atoms with Gasteiger partial charge >= 0.3 is 22.4 Å². The van der Waals surface area contributed by atoms with Crippen molar-refractivity contribution in [3.05, 3.63) is 97.8 Å². The molecule has 2 aromatic carbocycles. The van der Waals surface area contributed by atoms with Crippen molar-refractivity contribution in [2.24, 2.45) is 7.05 Å². The summed E-state index contributed by atoms with van der Waals surface area (Å²) in [4.78, 5) is 25.2. The van der Waals surface area contributed by atoms with E-state index < -0.39 is 47.0 Å². The molecule has 1 aliphatic heterocycles. The van der Waals surface area contributed by atoms with Crippen molar-refractivity contribution in [1.82, 2.24) is 14.3 Å². The van der Waals surface area contributed by atoms with E-state index in [-0.39, 0.29) is 24.7 Å². The molecule has 1 fully saturated rings. The van der Waals surface area contributed by atoms with Gasteiger partial charge in [-0.25, -0.2) is 13.8 Å². The average molecular weight is 498 g/mol. The van der Waals surface area contributed by atoms with Crippen molar-refractivity contribution in [2.75, 3.05) is 6.61 Å². The van der Waals surface area contributed by atoms with Crippen molar-refractivity contribution >= 4 is 11.2 Å². The van der Waals surface area contributed by atoms with Crippen LogP contribution in [0.3, 0.4) is 0 Å². The van der Waals surface area contributed by atoms with Crippen molar-refractivity contribution in [2.45, 2.75) is 37.8 Å². The fourth-order valence-electron chi connectivity index (χ4n) is 4.17. The molecule has 0 spiro atoms. The largest absolute Gasteiger partial charge is 0.374 e. The molecule has 11 nitrogen and oxygen atoms in total. The van der Waals surface area contributed by atoms with Gasteiger partial charge in [0.1, 0.15) is 12.2 Å². The summed E-state index contributed by atoms with van der Waals surface area (Å²) in [5, 5.41) is 15.5. The molecule has 1 saturated heterocycles. The summed E-state index contributed by atoms with van der Waals surface area (Å²) >= 11 is 0. The fraction of sp³-hybridized carbons (Fsp3) is 0.333. The van der Waals surface area contributed by atoms with Crippen LogP contribution >= 0.6 is 0 Å². The molecular weight excluding hydrogens is 475 g/mol. The predicted octanol–water partition coefficient (Wildman–Crippen LogP) is 1.36. The van der Waals surface area contributed by atoms with Crippen molar-refractivity contribution < 1.29 is 28.1 Å². The molecule has 0 amide bonds. The van der Waals surface area contributed by atoms with Crippen LogP contribution in [-0.2, 0) is 34.5 Å². The minimum absolute atomic E-state index is 0.0324. The number of fused-ring (bicyclic) bond motifs is 1. The number of aromatic nitrogens is 4. The zero-order chi connectivity index (χ0) is 25.2. The summed E-state index contributed by atoms with van der Waals surface area (Å²) in [6.07, 6.45) is -5.41. The maximum atomic E-state index is 15.9. The van der Waals surface area contributed by atoms with Crippen LogP contribution in [0, 0.1) is 5.21 Å². The minimum Gasteiger partial charge on any atom is -0.374 e. The Balaban J connectivity index is 1.44. The Morgan fingerprint density at radius 1 is 1.06 bits per heavy atom. The van der Waals surface area contributed by atoms with Crippen LogP contribution in [0.5, 0.6) is 0 Å². The zero-order valence-corrected chi connectivity index (χ0v) is 19.2. The first-order chi connectivity index (χ1) is 17.5. The van der Waals surface area contributed by atoms with Gasteiger partial charge in [0.15, 0.2) is 12.4 Å². The maximum absolute atomic E-state index is 15.9. The molecule has 188 valence electrons. The Morgan fingerprint density at radius 2 is 1.69 bits per heavy atom. The molecule has 36 heavy (non-hydrogen) atoms. The van der Waals surface area contributed by atoms with Gasteiger partial charge in [-0.15, -0.1) is 0 Å². The lowest BCUT2D eigenvalue weighted by atomic mass is 10.1. The summed E-state index contributed by atoms with van der Waals surface area (Å²) in [7, 11) is 1.17. The van der Waals surface area contributed by atoms with Crippen LogP contribution in [0.15, 0.2) is 74.9 Å². The lowest BCUT2D eigenvalue weighted by Crippen LogP contribution is -2.44. The van der Waals surface area contributed by atoms with Crippen molar-refractivity contribution in [3.8, 4) is 0 Å². The third-order valence-corrected chi connectivity index (χ3v) is 6.02. The molecule has 2 aromatic heterocycles. The molecule has 5 rings (SSSR count). The van der Waals surface area contributed by atoms with E-state index in [9.17, 15) is 14.8 Å². The Labute approximate surface area is 203 Å². The normalized spacial score (nSPS) is 21.8. The van der Waals surface area contributed by atoms with Gasteiger partial charge in [0, 0.05) is 7.05 Å². The number of halogens is 1. The molecule has 0 saturated carbocycles. The summed E-state index contributed by atoms with van der Waals surface area (Å²) in [6.45, 7) is 0.325. The lowest BCUT2D eigenvalue weighted by Gasteiger charge is -2.20. The predicted molar refractivity (Wildman–Crippen MR) is 122 cm³/mol. The molecule has 0 aliphatic carbocycles. The van der Waals surface area contributed by atoms with Gasteiger partial charge in [-0.2, -0.15) is 0 Å². The van der Waals surface area contributed by atoms with Gasteiger partial charge in [-0.05, 0) is 16.0 Å². The van der Waals surface area contributed by atoms with Gasteiger partial charge < -0.3 is 19.4 Å². The van der Waals surface area contributed by atoms with E-state index in [0.717, 1.165) is 15.7 Å². The second kappa shape index (κ2) is 10.0. The number of nitrogens with zero attached hydrogens (tertiary/aromatic N) is 4. The highest BCUT2D eigenvalue weighted by molar-refractivity contribution is 5.64. The highest BCUT2D eigenvalue weighted by Crippen LogP contribution is 2.35. The number of ether oxygens (including phenoxy) is 3. The number of hydrogen-bond acceptors (Lipinski definition) is 8. The second-order valence-corrected chi connectivity index (χ2v) is 8.39. The van der Waals surface area contributed by atoms with E-state index in [2.05, 4.69) is 9.79 Å². The van der Waals surface area contributed by atoms with Gasteiger partial charge in [0.25, 0.3) is 0 Å². The molecule has 0 radical (unpaired) electrons. The molecule has 0 N–H and O–H groups in total. The fourth-order valence-corrected chi connectivity index (χ4v) is 4.17. The molecule has 0 bridgehead atoms. The van der Waals surface area contributed by atoms with E-state index in [4.69, 9.17) is 14.2 Å². The first kappa shape index (κ1) is 23.9. The first-order valence-corrected chi connectivity index (χ1v) is 11.2. The zero-order valence-electron chi connectivity index (χ0n) is 19.2. The van der Waals surface area contributed by atoms with Crippen LogP contribution in [-0.4, -0.2) is 39.3 Å². The van der Waals surface area contributed by atoms with E-state index in [0.29, 0.717) is 4.57 Å². The van der Waals surface area contributed by atoms with E-state index in [1.54, 1.807) is 0 Å². The number of rotatable bonds is 8. The maximum Gasteiger partial charge on any atom is 0.336 e. The molecule has 12 heteroatoms. The summed E-state index contributed by atoms with van der Waals surface area (Å²) in [5.74, 6) is 0. The quantitative estimate of drug-likeness (QED) is 0.334. The van der Waals surface area contributed by atoms with Crippen LogP contribution in [0.1, 0.15) is 17.4 Å². The highest BCUT2D eigenvalue weighted by Gasteiger charge is 2.49. The Kier molecular flexibility index (Phi) is 6.63. The summed E-state index contributed by atoms with van der Waals surface area (Å²) in [5.41, 5.74) is -1.05. The van der Waals surface area contributed by atoms with Crippen molar-refractivity contribution in [3.63, 3.8) is 0 Å². The van der Waals surface area contributed by atoms with Gasteiger partial charge in [-0.1, -0.05) is 60.7 Å². The topological polar surface area (TPSA) is 125 Å². The van der Waals surface area contributed by atoms with E-state index in [1.165, 1.54) is 7.05 Å². The van der Waals surface area contributed by atoms with Gasteiger partial charge in [0.05, 0.1) is 25.0 Å². The van der Waals surface area contributed by atoms with Crippen LogP contribution < -0.4 is 16.2 Å². The monoisotopic (exact) mass is 498 g/mol. The van der Waals surface area contributed by atoms with E-state index >= 15 is 4.39 Å². The Morgan fingerprint density at radius 3 is 2.36 bits per heavy atom. The van der Waals surface area contributed by atoms with E-state index in [1.807, 2.05) is 60.7 Å². The molecular formula is C24H23FN4O7. The molecule has 4 atom stereocenters. The Bertz CT molecular complexity index is 1450. The standard InChI is InChI=1S/C24H23FN4O7/c1-27-22(30)19-21(26-36-29(19)32)28(24(27)31)23-18(25)20(34-13-16-10-6-3-7-11-16)17(35-23)14-33-12-15-8-4-2-5-9-15/h2-11,17-18,20,23H,12-14H2,1H3/t17-,18+,20-,23-/m1/s1. The number of benzene rings is 2. The van der Waals surface area contributed by atoms with Crippen LogP contribution in [0.4, 0.5) is 4.39 Å². The van der Waals surface area contributed by atoms with Gasteiger partial charge in [0.2, 0.25) is 0 Å². The smallest absolute Gasteiger partial charge is 0.336 e. The van der Waals surface area contributed by atoms with Crippen LogP contribution in [0.2, 0.25) is 0 Å². The second-order valence-electron chi connectivity index (χ2n) is 8.39. The lowest BCUT2D eigenvalue weighted by molar-refractivity contribution is -0.782. The SMILES string of the molecule is Cn1c(=O)c2c(no[n+]2[O-])n([C@@H]2O[C@H](COCc3ccccc3)[C@@H](OCc3ccccc3)[C@@H]2F)c1=O. The third kappa shape index (κ3) is 4.41. The third-order valence-electron chi connectivity index (χ3n) is 6.02. The number of alkyl halides is 1. The molecule has 3 heterocycles. The Hall–Kier alpha value is -3.87. The molecule has 0 unspecified atom stereocenters. The average Bonchev–Trinajstić information content (AvgIpc) is 3.42. The van der Waals surface area contributed by atoms with Gasteiger partial charge in [-0.3, -0.25) is 14.0 Å². The minimum atomic E-state index is -1.85. The number of hydrogen-bond donors (Lipinski definition) is 0. The summed E-state index contributed by atoms with van der Waals surface area (Å²) in [6, 6.07) is 18.6. The van der Waals surface area contributed by atoms with Crippen LogP contribution in [0.25, 0.3) is 11.2 Å². The van der Waals surface area contributed by atoms with Crippen molar-refractivity contribution in [1.29, 1.82) is 0 Å². The highest BCUT2D eigenvalue weighted by atomic mass is 19.1. The summed E-state index contributed by atoms with van der Waals surface area (Å²) < 4.78 is 39.5. The first-order valence-electron chi connectivity index (χ1n) is 11.2. The molecule has 4 aromatic rings. The molecule has 1 aliphatic rings.